The molecule has 31 heavy (non-hydrogen) atoms. The Hall–Kier alpha value is -3.78. The van der Waals surface area contributed by atoms with Gasteiger partial charge in [0.25, 0.3) is 5.91 Å². The van der Waals surface area contributed by atoms with Crippen molar-refractivity contribution in [2.45, 2.75) is 12.5 Å². The molecule has 0 radical (unpaired) electrons. The van der Waals surface area contributed by atoms with Crippen LogP contribution in [0.15, 0.2) is 61.7 Å². The van der Waals surface area contributed by atoms with Gasteiger partial charge in [0.1, 0.15) is 11.0 Å². The first-order chi connectivity index (χ1) is 15.2. The lowest BCUT2D eigenvalue weighted by Crippen LogP contribution is -2.40. The number of imidazole rings is 1. The van der Waals surface area contributed by atoms with Gasteiger partial charge in [0.2, 0.25) is 0 Å². The van der Waals surface area contributed by atoms with Gasteiger partial charge < -0.3 is 9.88 Å². The minimum atomic E-state index is -0.331. The first kappa shape index (κ1) is 18.0. The van der Waals surface area contributed by atoms with Gasteiger partial charge in [-0.2, -0.15) is 5.10 Å². The van der Waals surface area contributed by atoms with Gasteiger partial charge in [0.05, 0.1) is 39.5 Å². The molecule has 6 rings (SSSR count). The molecule has 0 aliphatic carbocycles. The van der Waals surface area contributed by atoms with Gasteiger partial charge >= 0.3 is 0 Å². The molecule has 4 aromatic heterocycles. The number of fused-ring (bicyclic) bond motifs is 3. The van der Waals surface area contributed by atoms with Crippen molar-refractivity contribution in [3.63, 3.8) is 0 Å². The lowest BCUT2D eigenvalue weighted by molar-refractivity contribution is 0.0692. The van der Waals surface area contributed by atoms with Gasteiger partial charge in [-0.1, -0.05) is 30.9 Å². The first-order valence-electron chi connectivity index (χ1n) is 10.0. The third-order valence-corrected chi connectivity index (χ3v) is 6.82. The summed E-state index contributed by atoms with van der Waals surface area (Å²) in [6.07, 6.45) is 7.69. The van der Waals surface area contributed by atoms with Crippen molar-refractivity contribution in [2.75, 3.05) is 6.54 Å². The molecule has 0 fully saturated rings. The van der Waals surface area contributed by atoms with Crippen LogP contribution in [-0.2, 0) is 6.42 Å². The molecule has 0 saturated carbocycles. The number of rotatable bonds is 3. The fourth-order valence-electron chi connectivity index (χ4n) is 4.19. The number of aromatic amines is 1. The number of hydrogen-bond donors (Lipinski definition) is 1. The summed E-state index contributed by atoms with van der Waals surface area (Å²) in [4.78, 5) is 28.3. The molecule has 5 aromatic rings. The Balaban J connectivity index is 1.47. The average molecular weight is 427 g/mol. The molecule has 8 heteroatoms. The third kappa shape index (κ3) is 2.79. The van der Waals surface area contributed by atoms with Crippen LogP contribution in [0, 0.1) is 0 Å². The number of aromatic nitrogens is 5. The van der Waals surface area contributed by atoms with E-state index in [1.165, 1.54) is 0 Å². The normalized spacial score (nSPS) is 16.0. The van der Waals surface area contributed by atoms with Crippen LogP contribution in [0.5, 0.6) is 0 Å². The predicted molar refractivity (Wildman–Crippen MR) is 120 cm³/mol. The van der Waals surface area contributed by atoms with Gasteiger partial charge in [-0.3, -0.25) is 4.79 Å². The Morgan fingerprint density at radius 3 is 3.03 bits per heavy atom. The number of carbonyl (C=O) groups is 1. The molecule has 152 valence electrons. The van der Waals surface area contributed by atoms with E-state index in [-0.39, 0.29) is 11.9 Å². The summed E-state index contributed by atoms with van der Waals surface area (Å²) >= 11 is 1.61. The maximum Gasteiger partial charge on any atom is 0.258 e. The van der Waals surface area contributed by atoms with Crippen molar-refractivity contribution >= 4 is 39.1 Å². The van der Waals surface area contributed by atoms with Crippen LogP contribution in [0.3, 0.4) is 0 Å². The zero-order chi connectivity index (χ0) is 20.9. The van der Waals surface area contributed by atoms with E-state index >= 15 is 0 Å². The molecule has 5 heterocycles. The van der Waals surface area contributed by atoms with E-state index in [0.717, 1.165) is 44.1 Å². The minimum Gasteiger partial charge on any atom is -0.348 e. The van der Waals surface area contributed by atoms with Crippen LogP contribution in [0.25, 0.3) is 21.8 Å². The summed E-state index contributed by atoms with van der Waals surface area (Å²) in [5.41, 5.74) is 5.15. The Morgan fingerprint density at radius 2 is 2.16 bits per heavy atom. The number of hydrogen-bond acceptors (Lipinski definition) is 5. The van der Waals surface area contributed by atoms with Crippen LogP contribution in [-0.4, -0.2) is 41.9 Å². The van der Waals surface area contributed by atoms with Gasteiger partial charge in [-0.05, 0) is 23.8 Å². The van der Waals surface area contributed by atoms with Gasteiger partial charge in [-0.25, -0.2) is 14.5 Å². The first-order valence-corrected chi connectivity index (χ1v) is 10.8. The summed E-state index contributed by atoms with van der Waals surface area (Å²) in [6, 6.07) is 11.6. The number of nitrogens with one attached hydrogen (secondary N) is 1. The lowest BCUT2D eigenvalue weighted by Gasteiger charge is -2.33. The maximum absolute atomic E-state index is 13.8. The fraction of sp³-hybridized carbons (Fsp3) is 0.130. The molecule has 0 unspecified atom stereocenters. The Morgan fingerprint density at radius 1 is 1.26 bits per heavy atom. The van der Waals surface area contributed by atoms with Crippen LogP contribution in [0.1, 0.15) is 38.4 Å². The maximum atomic E-state index is 13.8. The minimum absolute atomic E-state index is 0.0701. The lowest BCUT2D eigenvalue weighted by atomic mass is 10.0. The summed E-state index contributed by atoms with van der Waals surface area (Å²) < 4.78 is 2.82. The second-order valence-corrected chi connectivity index (χ2v) is 8.55. The number of thiazole rings is 1. The van der Waals surface area contributed by atoms with Crippen LogP contribution in [0.2, 0.25) is 0 Å². The number of para-hydroxylation sites is 1. The fourth-order valence-corrected chi connectivity index (χ4v) is 5.28. The molecule has 0 saturated heterocycles. The zero-order valence-corrected chi connectivity index (χ0v) is 17.3. The molecule has 1 N–H and O–H groups in total. The van der Waals surface area contributed by atoms with Crippen molar-refractivity contribution in [2.24, 2.45) is 0 Å². The molecule has 0 spiro atoms. The quantitative estimate of drug-likeness (QED) is 0.471. The molecule has 1 atom stereocenters. The van der Waals surface area contributed by atoms with Gasteiger partial charge in [-0.15, -0.1) is 11.3 Å². The van der Waals surface area contributed by atoms with E-state index in [1.807, 2.05) is 41.4 Å². The second-order valence-electron chi connectivity index (χ2n) is 7.49. The summed E-state index contributed by atoms with van der Waals surface area (Å²) in [6.45, 7) is 4.38. The van der Waals surface area contributed by atoms with E-state index in [1.54, 1.807) is 34.5 Å². The van der Waals surface area contributed by atoms with Crippen molar-refractivity contribution in [3.8, 4) is 0 Å². The third-order valence-electron chi connectivity index (χ3n) is 5.74. The van der Waals surface area contributed by atoms with E-state index < -0.39 is 0 Å². The monoisotopic (exact) mass is 426 g/mol. The van der Waals surface area contributed by atoms with E-state index in [0.29, 0.717) is 12.1 Å². The highest BCUT2D eigenvalue weighted by atomic mass is 32.1. The number of benzene rings is 1. The molecule has 7 nitrogen and oxygen atoms in total. The highest BCUT2D eigenvalue weighted by molar-refractivity contribution is 7.18. The van der Waals surface area contributed by atoms with Crippen LogP contribution >= 0.6 is 11.3 Å². The molecule has 1 aliphatic heterocycles. The second kappa shape index (κ2) is 6.88. The van der Waals surface area contributed by atoms with E-state index in [4.69, 9.17) is 4.98 Å². The van der Waals surface area contributed by atoms with Gasteiger partial charge in [0.15, 0.2) is 0 Å². The SMILES string of the molecule is C=Cc1ccc2c(C(=O)N3CCc4[nH]cnc4[C@H]3c3nc4ccccc4s3)cnn2c1. The van der Waals surface area contributed by atoms with Crippen LogP contribution < -0.4 is 0 Å². The van der Waals surface area contributed by atoms with Crippen molar-refractivity contribution in [1.82, 2.24) is 29.5 Å². The topological polar surface area (TPSA) is 79.2 Å². The number of H-pyrrole nitrogens is 1. The average Bonchev–Trinajstić information content (AvgIpc) is 3.54. The standard InChI is InChI=1S/C23H18N6OS/c1-2-14-7-8-18-15(11-26-29(18)12-14)23(30)28-10-9-17-20(25-13-24-17)21(28)22-27-16-5-3-4-6-19(16)31-22/h2-8,11-13,21H,1,9-10H2,(H,24,25)/t21-/m0/s1. The Labute approximate surface area is 181 Å². The summed E-state index contributed by atoms with van der Waals surface area (Å²) in [5, 5.41) is 5.27. The molecule has 0 bridgehead atoms. The largest absolute Gasteiger partial charge is 0.348 e. The number of nitrogens with zero attached hydrogens (tertiary/aromatic N) is 5. The smallest absolute Gasteiger partial charge is 0.258 e. The van der Waals surface area contributed by atoms with Gasteiger partial charge in [0, 0.05) is 24.9 Å². The van der Waals surface area contributed by atoms with E-state index in [9.17, 15) is 4.79 Å². The molecule has 1 aliphatic rings. The van der Waals surface area contributed by atoms with E-state index in [2.05, 4.69) is 27.7 Å². The van der Waals surface area contributed by atoms with Crippen molar-refractivity contribution in [3.05, 3.63) is 89.2 Å². The highest BCUT2D eigenvalue weighted by Crippen LogP contribution is 2.38. The van der Waals surface area contributed by atoms with Crippen molar-refractivity contribution < 1.29 is 4.79 Å². The van der Waals surface area contributed by atoms with Crippen LogP contribution in [0.4, 0.5) is 0 Å². The molecule has 1 aromatic carbocycles. The zero-order valence-electron chi connectivity index (χ0n) is 16.5. The number of pyridine rings is 1. The predicted octanol–water partition coefficient (Wildman–Crippen LogP) is 4.10. The number of carbonyl (C=O) groups excluding carboxylic acids is 1. The molecular weight excluding hydrogens is 408 g/mol. The number of amides is 1. The Bertz CT molecular complexity index is 1430. The summed E-state index contributed by atoms with van der Waals surface area (Å²) in [7, 11) is 0. The molecular formula is C23H18N6OS. The summed E-state index contributed by atoms with van der Waals surface area (Å²) in [5.74, 6) is -0.0701. The molecule has 1 amide bonds. The van der Waals surface area contributed by atoms with Crippen molar-refractivity contribution in [1.29, 1.82) is 0 Å². The Kier molecular flexibility index (Phi) is 4.00. The highest BCUT2D eigenvalue weighted by Gasteiger charge is 2.37.